The van der Waals surface area contributed by atoms with Crippen molar-refractivity contribution in [1.29, 1.82) is 0 Å². The standard InChI is InChI=1S/C11H10F3NO3/c12-11(13,14)8-3-1-7(2-4-8)10(18)15-6-5-9(16)17/h1-4H,5-6H2,(H,15,18)(H,16,17)/p-1. The van der Waals surface area contributed by atoms with E-state index in [0.717, 1.165) is 24.3 Å². The summed E-state index contributed by atoms with van der Waals surface area (Å²) in [6.07, 6.45) is -4.81. The first kappa shape index (κ1) is 14.0. The van der Waals surface area contributed by atoms with E-state index < -0.39 is 23.6 Å². The molecule has 0 saturated carbocycles. The Morgan fingerprint density at radius 1 is 1.17 bits per heavy atom. The van der Waals surface area contributed by atoms with E-state index in [1.807, 2.05) is 0 Å². The van der Waals surface area contributed by atoms with Crippen molar-refractivity contribution in [3.05, 3.63) is 35.4 Å². The van der Waals surface area contributed by atoms with Gasteiger partial charge in [0.25, 0.3) is 5.91 Å². The molecule has 7 heteroatoms. The number of nitrogens with one attached hydrogen (secondary N) is 1. The summed E-state index contributed by atoms with van der Waals surface area (Å²) in [7, 11) is 0. The van der Waals surface area contributed by atoms with Crippen LogP contribution in [0.2, 0.25) is 0 Å². The third kappa shape index (κ3) is 4.08. The van der Waals surface area contributed by atoms with Crippen LogP contribution >= 0.6 is 0 Å². The number of carboxylic acids is 1. The van der Waals surface area contributed by atoms with E-state index in [0.29, 0.717) is 0 Å². The second-order valence-corrected chi connectivity index (χ2v) is 3.45. The van der Waals surface area contributed by atoms with E-state index in [1.165, 1.54) is 0 Å². The zero-order valence-electron chi connectivity index (χ0n) is 9.08. The zero-order chi connectivity index (χ0) is 13.8. The molecule has 0 aromatic heterocycles. The molecule has 0 spiro atoms. The minimum absolute atomic E-state index is 0.0290. The molecule has 4 nitrogen and oxygen atoms in total. The van der Waals surface area contributed by atoms with E-state index in [9.17, 15) is 27.9 Å². The first-order chi connectivity index (χ1) is 8.30. The van der Waals surface area contributed by atoms with Crippen LogP contribution in [0.3, 0.4) is 0 Å². The van der Waals surface area contributed by atoms with Gasteiger partial charge in [0.05, 0.1) is 5.56 Å². The Morgan fingerprint density at radius 3 is 2.17 bits per heavy atom. The van der Waals surface area contributed by atoms with Crippen LogP contribution in [0.4, 0.5) is 13.2 Å². The van der Waals surface area contributed by atoms with Crippen molar-refractivity contribution in [3.8, 4) is 0 Å². The molecule has 0 saturated heterocycles. The Kier molecular flexibility index (Phi) is 4.30. The molecule has 0 atom stereocenters. The lowest BCUT2D eigenvalue weighted by molar-refractivity contribution is -0.305. The lowest BCUT2D eigenvalue weighted by atomic mass is 10.1. The Morgan fingerprint density at radius 2 is 1.72 bits per heavy atom. The molecule has 0 aliphatic heterocycles. The second-order valence-electron chi connectivity index (χ2n) is 3.45. The number of carbonyl (C=O) groups is 2. The fraction of sp³-hybridized carbons (Fsp3) is 0.273. The minimum atomic E-state index is -4.45. The highest BCUT2D eigenvalue weighted by atomic mass is 19.4. The molecule has 0 heterocycles. The predicted octanol–water partition coefficient (Wildman–Crippen LogP) is 0.575. The number of aliphatic carboxylic acids is 1. The first-order valence-corrected chi connectivity index (χ1v) is 4.96. The van der Waals surface area contributed by atoms with Crippen molar-refractivity contribution in [2.45, 2.75) is 12.6 Å². The average Bonchev–Trinajstić information content (AvgIpc) is 2.27. The molecule has 98 valence electrons. The van der Waals surface area contributed by atoms with Crippen molar-refractivity contribution in [2.75, 3.05) is 6.54 Å². The Bertz CT molecular complexity index is 440. The van der Waals surface area contributed by atoms with Gasteiger partial charge in [-0.1, -0.05) is 0 Å². The molecule has 1 aromatic rings. The lowest BCUT2D eigenvalue weighted by Crippen LogP contribution is -2.31. The molecule has 1 rings (SSSR count). The van der Waals surface area contributed by atoms with E-state index >= 15 is 0 Å². The number of hydrogen-bond donors (Lipinski definition) is 1. The maximum absolute atomic E-state index is 12.2. The molecule has 18 heavy (non-hydrogen) atoms. The number of carboxylic acid groups (broad SMARTS) is 1. The van der Waals surface area contributed by atoms with Gasteiger partial charge in [-0.25, -0.2) is 0 Å². The molecule has 0 aliphatic rings. The summed E-state index contributed by atoms with van der Waals surface area (Å²) in [4.78, 5) is 21.5. The summed E-state index contributed by atoms with van der Waals surface area (Å²) in [5.74, 6) is -1.95. The minimum Gasteiger partial charge on any atom is -0.550 e. The molecular formula is C11H9F3NO3-. The van der Waals surface area contributed by atoms with E-state index in [2.05, 4.69) is 5.32 Å². The van der Waals surface area contributed by atoms with Gasteiger partial charge in [-0.3, -0.25) is 4.79 Å². The Balaban J connectivity index is 2.62. The van der Waals surface area contributed by atoms with Crippen molar-refractivity contribution in [2.24, 2.45) is 0 Å². The smallest absolute Gasteiger partial charge is 0.416 e. The SMILES string of the molecule is O=C([O-])CCNC(=O)c1ccc(C(F)(F)F)cc1. The maximum Gasteiger partial charge on any atom is 0.416 e. The molecular weight excluding hydrogens is 251 g/mol. The van der Waals surface area contributed by atoms with Crippen molar-refractivity contribution < 1.29 is 27.9 Å². The Labute approximate surface area is 100 Å². The summed E-state index contributed by atoms with van der Waals surface area (Å²) in [6.45, 7) is -0.137. The number of halogens is 3. The average molecular weight is 260 g/mol. The molecule has 0 radical (unpaired) electrons. The maximum atomic E-state index is 12.2. The quantitative estimate of drug-likeness (QED) is 0.860. The van der Waals surface area contributed by atoms with Crippen molar-refractivity contribution >= 4 is 11.9 Å². The second kappa shape index (κ2) is 5.52. The summed E-state index contributed by atoms with van der Waals surface area (Å²) < 4.78 is 36.7. The van der Waals surface area contributed by atoms with E-state index in [-0.39, 0.29) is 18.5 Å². The van der Waals surface area contributed by atoms with Gasteiger partial charge in [-0.05, 0) is 24.3 Å². The molecule has 1 N–H and O–H groups in total. The van der Waals surface area contributed by atoms with Crippen LogP contribution in [0, 0.1) is 0 Å². The summed E-state index contributed by atoms with van der Waals surface area (Å²) in [5, 5.41) is 12.3. The van der Waals surface area contributed by atoms with E-state index in [4.69, 9.17) is 0 Å². The van der Waals surface area contributed by atoms with Crippen molar-refractivity contribution in [1.82, 2.24) is 5.32 Å². The van der Waals surface area contributed by atoms with Gasteiger partial charge < -0.3 is 15.2 Å². The van der Waals surface area contributed by atoms with Crippen molar-refractivity contribution in [3.63, 3.8) is 0 Å². The van der Waals surface area contributed by atoms with Gasteiger partial charge >= 0.3 is 6.18 Å². The normalized spacial score (nSPS) is 11.1. The lowest BCUT2D eigenvalue weighted by Gasteiger charge is -2.08. The monoisotopic (exact) mass is 260 g/mol. The molecule has 1 aromatic carbocycles. The number of rotatable bonds is 4. The number of benzene rings is 1. The summed E-state index contributed by atoms with van der Waals surface area (Å²) in [5.41, 5.74) is -0.824. The van der Waals surface area contributed by atoms with Gasteiger partial charge in [0.1, 0.15) is 0 Å². The molecule has 0 fully saturated rings. The van der Waals surface area contributed by atoms with Crippen LogP contribution in [-0.4, -0.2) is 18.4 Å². The molecule has 0 bridgehead atoms. The largest absolute Gasteiger partial charge is 0.550 e. The first-order valence-electron chi connectivity index (χ1n) is 4.96. The molecule has 1 amide bonds. The third-order valence-corrected chi connectivity index (χ3v) is 2.09. The zero-order valence-corrected chi connectivity index (χ0v) is 9.08. The Hall–Kier alpha value is -2.05. The topological polar surface area (TPSA) is 69.2 Å². The van der Waals surface area contributed by atoms with Gasteiger partial charge in [0, 0.05) is 24.5 Å². The van der Waals surface area contributed by atoms with Gasteiger partial charge in [0.15, 0.2) is 0 Å². The number of hydrogen-bond acceptors (Lipinski definition) is 3. The summed E-state index contributed by atoms with van der Waals surface area (Å²) >= 11 is 0. The van der Waals surface area contributed by atoms with Crippen LogP contribution in [0.15, 0.2) is 24.3 Å². The van der Waals surface area contributed by atoms with Gasteiger partial charge in [0.2, 0.25) is 0 Å². The highest BCUT2D eigenvalue weighted by molar-refractivity contribution is 5.94. The van der Waals surface area contributed by atoms with Crippen LogP contribution in [0.25, 0.3) is 0 Å². The van der Waals surface area contributed by atoms with Crippen LogP contribution in [-0.2, 0) is 11.0 Å². The third-order valence-electron chi connectivity index (χ3n) is 2.09. The molecule has 0 unspecified atom stereocenters. The number of alkyl halides is 3. The van der Waals surface area contributed by atoms with E-state index in [1.54, 1.807) is 0 Å². The van der Waals surface area contributed by atoms with Crippen LogP contribution in [0.1, 0.15) is 22.3 Å². The highest BCUT2D eigenvalue weighted by Gasteiger charge is 2.30. The fourth-order valence-electron chi connectivity index (χ4n) is 1.19. The fourth-order valence-corrected chi connectivity index (χ4v) is 1.19. The molecule has 0 aliphatic carbocycles. The highest BCUT2D eigenvalue weighted by Crippen LogP contribution is 2.28. The number of amides is 1. The predicted molar refractivity (Wildman–Crippen MR) is 53.4 cm³/mol. The van der Waals surface area contributed by atoms with Crippen LogP contribution < -0.4 is 10.4 Å². The summed E-state index contributed by atoms with van der Waals surface area (Å²) in [6, 6.07) is 3.62. The van der Waals surface area contributed by atoms with Gasteiger partial charge in [-0.2, -0.15) is 13.2 Å². The van der Waals surface area contributed by atoms with Gasteiger partial charge in [-0.15, -0.1) is 0 Å². The van der Waals surface area contributed by atoms with Crippen LogP contribution in [0.5, 0.6) is 0 Å². The number of carbonyl (C=O) groups excluding carboxylic acids is 2.